The topological polar surface area (TPSA) is 75.3 Å². The number of aryl methyl sites for hydroxylation is 2. The van der Waals surface area contributed by atoms with Gasteiger partial charge in [0.15, 0.2) is 0 Å². The minimum atomic E-state index is -3.85. The number of benzene rings is 2. The lowest BCUT2D eigenvalue weighted by atomic mass is 10.1. The molecule has 0 bridgehead atoms. The van der Waals surface area contributed by atoms with E-state index in [2.05, 4.69) is 5.32 Å². The fourth-order valence-corrected chi connectivity index (χ4v) is 3.17. The van der Waals surface area contributed by atoms with Gasteiger partial charge < -0.3 is 5.32 Å². The van der Waals surface area contributed by atoms with E-state index in [9.17, 15) is 13.2 Å². The van der Waals surface area contributed by atoms with E-state index < -0.39 is 16.1 Å². The van der Waals surface area contributed by atoms with Gasteiger partial charge in [-0.25, -0.2) is 17.9 Å². The molecule has 2 aromatic rings. The van der Waals surface area contributed by atoms with E-state index in [4.69, 9.17) is 0 Å². The Balaban J connectivity index is 1.86. The van der Waals surface area contributed by atoms with Crippen LogP contribution < -0.4 is 10.0 Å². The van der Waals surface area contributed by atoms with Crippen molar-refractivity contribution in [1.82, 2.24) is 10.0 Å². The molecule has 128 valence electrons. The number of sulfonamides is 1. The molecule has 0 aliphatic heterocycles. The zero-order chi connectivity index (χ0) is 17.6. The highest BCUT2D eigenvalue weighted by Crippen LogP contribution is 2.10. The highest BCUT2D eigenvalue weighted by atomic mass is 32.2. The molecule has 5 nitrogen and oxygen atoms in total. The van der Waals surface area contributed by atoms with Crippen LogP contribution in [-0.2, 0) is 16.4 Å². The summed E-state index contributed by atoms with van der Waals surface area (Å²) < 4.78 is 26.3. The minimum absolute atomic E-state index is 0.0696. The number of hydrogen-bond acceptors (Lipinski definition) is 3. The van der Waals surface area contributed by atoms with Crippen molar-refractivity contribution < 1.29 is 13.2 Å². The van der Waals surface area contributed by atoms with Crippen LogP contribution in [0.5, 0.6) is 0 Å². The molecule has 0 aliphatic carbocycles. The van der Waals surface area contributed by atoms with Crippen LogP contribution in [0.25, 0.3) is 0 Å². The van der Waals surface area contributed by atoms with Crippen molar-refractivity contribution in [3.8, 4) is 0 Å². The molecule has 2 amide bonds. The first kappa shape index (κ1) is 18.0. The lowest BCUT2D eigenvalue weighted by Gasteiger charge is -2.15. The summed E-state index contributed by atoms with van der Waals surface area (Å²) in [6.45, 7) is 3.71. The van der Waals surface area contributed by atoms with Crippen molar-refractivity contribution >= 4 is 16.1 Å². The molecule has 2 aromatic carbocycles. The molecule has 0 heterocycles. The van der Waals surface area contributed by atoms with Crippen molar-refractivity contribution in [3.05, 3.63) is 65.7 Å². The molecule has 0 radical (unpaired) electrons. The number of rotatable bonds is 6. The highest BCUT2D eigenvalue weighted by molar-refractivity contribution is 7.90. The van der Waals surface area contributed by atoms with Crippen LogP contribution in [-0.4, -0.2) is 20.5 Å². The lowest BCUT2D eigenvalue weighted by molar-refractivity contribution is 0.242. The Morgan fingerprint density at radius 2 is 1.67 bits per heavy atom. The second kappa shape index (κ2) is 7.97. The fourth-order valence-electron chi connectivity index (χ4n) is 2.25. The van der Waals surface area contributed by atoms with Crippen molar-refractivity contribution in [2.45, 2.75) is 37.6 Å². The van der Waals surface area contributed by atoms with E-state index in [1.807, 2.05) is 48.9 Å². The van der Waals surface area contributed by atoms with Gasteiger partial charge in [-0.05, 0) is 44.4 Å². The summed E-state index contributed by atoms with van der Waals surface area (Å²) in [5.74, 6) is 0. The number of hydrogen-bond donors (Lipinski definition) is 2. The van der Waals surface area contributed by atoms with Crippen LogP contribution in [0.4, 0.5) is 4.79 Å². The maximum atomic E-state index is 12.1. The van der Waals surface area contributed by atoms with Gasteiger partial charge in [-0.2, -0.15) is 0 Å². The average Bonchev–Trinajstić information content (AvgIpc) is 2.53. The van der Waals surface area contributed by atoms with Crippen LogP contribution in [0, 0.1) is 6.92 Å². The number of carbonyl (C=O) groups is 1. The molecule has 0 aromatic heterocycles. The first-order chi connectivity index (χ1) is 11.4. The number of amides is 2. The Morgan fingerprint density at radius 1 is 1.04 bits per heavy atom. The van der Waals surface area contributed by atoms with Crippen molar-refractivity contribution in [2.75, 3.05) is 0 Å². The minimum Gasteiger partial charge on any atom is -0.335 e. The standard InChI is InChI=1S/C18H22N2O3S/c1-14-8-12-17(13-9-14)24(22,23)20-18(21)19-15(2)10-11-16-6-4-3-5-7-16/h3-9,12-13,15H,10-11H2,1-2H3,(H2,19,20,21). The molecule has 1 atom stereocenters. The Morgan fingerprint density at radius 3 is 2.29 bits per heavy atom. The largest absolute Gasteiger partial charge is 0.335 e. The molecule has 0 saturated carbocycles. The molecule has 2 rings (SSSR count). The van der Waals surface area contributed by atoms with E-state index in [-0.39, 0.29) is 10.9 Å². The molecule has 0 saturated heterocycles. The van der Waals surface area contributed by atoms with E-state index in [1.165, 1.54) is 17.7 Å². The second-order valence-corrected chi connectivity index (χ2v) is 7.50. The molecule has 0 spiro atoms. The number of carbonyl (C=O) groups excluding carboxylic acids is 1. The van der Waals surface area contributed by atoms with Gasteiger partial charge in [-0.15, -0.1) is 0 Å². The normalized spacial score (nSPS) is 12.4. The predicted octanol–water partition coefficient (Wildman–Crippen LogP) is 3.00. The highest BCUT2D eigenvalue weighted by Gasteiger charge is 2.18. The van der Waals surface area contributed by atoms with Crippen molar-refractivity contribution in [3.63, 3.8) is 0 Å². The maximum Gasteiger partial charge on any atom is 0.328 e. The fraction of sp³-hybridized carbons (Fsp3) is 0.278. The quantitative estimate of drug-likeness (QED) is 0.844. The number of nitrogens with one attached hydrogen (secondary N) is 2. The summed E-state index contributed by atoms with van der Waals surface area (Å²) in [6, 6.07) is 15.4. The van der Waals surface area contributed by atoms with E-state index in [1.54, 1.807) is 12.1 Å². The Labute approximate surface area is 143 Å². The van der Waals surface area contributed by atoms with Crippen molar-refractivity contribution in [1.29, 1.82) is 0 Å². The summed E-state index contributed by atoms with van der Waals surface area (Å²) in [5.41, 5.74) is 2.13. The number of urea groups is 1. The molecule has 1 unspecified atom stereocenters. The van der Waals surface area contributed by atoms with E-state index >= 15 is 0 Å². The monoisotopic (exact) mass is 346 g/mol. The molecule has 0 fully saturated rings. The van der Waals surface area contributed by atoms with Gasteiger partial charge in [-0.3, -0.25) is 0 Å². The van der Waals surface area contributed by atoms with E-state index in [0.717, 1.165) is 18.4 Å². The van der Waals surface area contributed by atoms with Crippen LogP contribution in [0.15, 0.2) is 59.5 Å². The van der Waals surface area contributed by atoms with Crippen molar-refractivity contribution in [2.24, 2.45) is 0 Å². The lowest BCUT2D eigenvalue weighted by Crippen LogP contribution is -2.43. The van der Waals surface area contributed by atoms with Gasteiger partial charge in [-0.1, -0.05) is 48.0 Å². The molecule has 0 aliphatic rings. The van der Waals surface area contributed by atoms with Gasteiger partial charge in [0.05, 0.1) is 4.90 Å². The maximum absolute atomic E-state index is 12.1. The third-order valence-electron chi connectivity index (χ3n) is 3.64. The van der Waals surface area contributed by atoms with Crippen LogP contribution in [0.3, 0.4) is 0 Å². The van der Waals surface area contributed by atoms with Gasteiger partial charge >= 0.3 is 6.03 Å². The van der Waals surface area contributed by atoms with Gasteiger partial charge in [0.25, 0.3) is 10.0 Å². The SMILES string of the molecule is Cc1ccc(S(=O)(=O)NC(=O)NC(C)CCc2ccccc2)cc1. The summed E-state index contributed by atoms with van der Waals surface area (Å²) in [6.07, 6.45) is 1.54. The molecule has 2 N–H and O–H groups in total. The van der Waals surface area contributed by atoms with Gasteiger partial charge in [0.2, 0.25) is 0 Å². The van der Waals surface area contributed by atoms with Crippen LogP contribution in [0.2, 0.25) is 0 Å². The van der Waals surface area contributed by atoms with Crippen LogP contribution >= 0.6 is 0 Å². The van der Waals surface area contributed by atoms with Gasteiger partial charge in [0, 0.05) is 6.04 Å². The summed E-state index contributed by atoms with van der Waals surface area (Å²) in [4.78, 5) is 12.0. The third kappa shape index (κ3) is 5.38. The molecule has 6 heteroatoms. The summed E-state index contributed by atoms with van der Waals surface area (Å²) >= 11 is 0. The second-order valence-electron chi connectivity index (χ2n) is 5.82. The first-order valence-corrected chi connectivity index (χ1v) is 9.29. The van der Waals surface area contributed by atoms with E-state index in [0.29, 0.717) is 0 Å². The Kier molecular flexibility index (Phi) is 5.98. The Bertz CT molecular complexity index is 772. The predicted molar refractivity (Wildman–Crippen MR) is 94.3 cm³/mol. The van der Waals surface area contributed by atoms with Gasteiger partial charge in [0.1, 0.15) is 0 Å². The molecular weight excluding hydrogens is 324 g/mol. The average molecular weight is 346 g/mol. The Hall–Kier alpha value is -2.34. The molecular formula is C18H22N2O3S. The third-order valence-corrected chi connectivity index (χ3v) is 4.99. The summed E-state index contributed by atoms with van der Waals surface area (Å²) in [7, 11) is -3.85. The van der Waals surface area contributed by atoms with Crippen LogP contribution in [0.1, 0.15) is 24.5 Å². The zero-order valence-corrected chi connectivity index (χ0v) is 14.6. The summed E-state index contributed by atoms with van der Waals surface area (Å²) in [5, 5.41) is 2.66. The first-order valence-electron chi connectivity index (χ1n) is 7.81. The molecule has 24 heavy (non-hydrogen) atoms. The zero-order valence-electron chi connectivity index (χ0n) is 13.8. The smallest absolute Gasteiger partial charge is 0.328 e.